The molecule has 1 aromatic carbocycles. The van der Waals surface area contributed by atoms with E-state index in [1.165, 1.54) is 21.6 Å². The van der Waals surface area contributed by atoms with Crippen LogP contribution in [0.2, 0.25) is 0 Å². The van der Waals surface area contributed by atoms with Crippen LogP contribution in [0, 0.1) is 5.82 Å². The molecule has 0 saturated carbocycles. The number of anilines is 1. The van der Waals surface area contributed by atoms with Gasteiger partial charge in [0.25, 0.3) is 0 Å². The Labute approximate surface area is 177 Å². The molecule has 0 radical (unpaired) electrons. The lowest BCUT2D eigenvalue weighted by molar-refractivity contribution is -0.140. The number of rotatable bonds is 4. The molecule has 30 heavy (non-hydrogen) atoms. The average Bonchev–Trinajstić information content (AvgIpc) is 3.27. The van der Waals surface area contributed by atoms with E-state index in [1.54, 1.807) is 23.7 Å². The molecule has 3 heterocycles. The lowest BCUT2D eigenvalue weighted by atomic mass is 10.1. The normalized spacial score (nSPS) is 14.3. The first kappa shape index (κ1) is 20.6. The van der Waals surface area contributed by atoms with Crippen molar-refractivity contribution >= 4 is 27.7 Å². The van der Waals surface area contributed by atoms with Crippen molar-refractivity contribution in [2.45, 2.75) is 39.2 Å². The van der Waals surface area contributed by atoms with Crippen LogP contribution in [-0.2, 0) is 30.6 Å². The minimum absolute atomic E-state index is 0.0335. The highest BCUT2D eigenvalue weighted by atomic mass is 79.9. The summed E-state index contributed by atoms with van der Waals surface area (Å²) in [5.41, 5.74) is -0.601. The summed E-state index contributed by atoms with van der Waals surface area (Å²) in [6.07, 6.45) is -3.47. The maximum absolute atomic E-state index is 14.8. The lowest BCUT2D eigenvalue weighted by Gasteiger charge is -2.27. The number of carbonyl (C=O) groups is 1. The van der Waals surface area contributed by atoms with E-state index in [4.69, 9.17) is 0 Å². The van der Waals surface area contributed by atoms with Crippen LogP contribution in [0.4, 0.5) is 23.4 Å². The van der Waals surface area contributed by atoms with Crippen LogP contribution in [0.3, 0.4) is 0 Å². The zero-order valence-electron chi connectivity index (χ0n) is 15.7. The highest BCUT2D eigenvalue weighted by Gasteiger charge is 2.35. The monoisotopic (exact) mass is 485 g/mol. The van der Waals surface area contributed by atoms with Crippen LogP contribution in [0.15, 0.2) is 35.1 Å². The van der Waals surface area contributed by atoms with Crippen LogP contribution in [-0.4, -0.2) is 25.2 Å². The second-order valence-corrected chi connectivity index (χ2v) is 7.64. The number of alkyl halides is 3. The highest BCUT2D eigenvalue weighted by molar-refractivity contribution is 9.10. The van der Waals surface area contributed by atoms with Crippen LogP contribution >= 0.6 is 15.9 Å². The fraction of sp³-hybridized carbons (Fsp3) is 0.316. The van der Waals surface area contributed by atoms with Crippen LogP contribution in [0.1, 0.15) is 24.6 Å². The Morgan fingerprint density at radius 3 is 2.67 bits per heavy atom. The van der Waals surface area contributed by atoms with E-state index in [1.807, 2.05) is 0 Å². The molecule has 1 amide bonds. The van der Waals surface area contributed by atoms with Crippen molar-refractivity contribution in [3.63, 3.8) is 0 Å². The minimum atomic E-state index is -4.61. The molecule has 2 aromatic heterocycles. The fourth-order valence-electron chi connectivity index (χ4n) is 3.42. The highest BCUT2D eigenvalue weighted by Crippen LogP contribution is 2.32. The lowest BCUT2D eigenvalue weighted by Crippen LogP contribution is -2.36. The van der Waals surface area contributed by atoms with E-state index >= 15 is 0 Å². The number of hydrogen-bond donors (Lipinski definition) is 0. The number of halogens is 5. The Morgan fingerprint density at radius 2 is 2.00 bits per heavy atom. The Kier molecular flexibility index (Phi) is 5.16. The summed E-state index contributed by atoms with van der Waals surface area (Å²) in [4.78, 5) is 17.5. The Morgan fingerprint density at radius 1 is 1.23 bits per heavy atom. The summed E-state index contributed by atoms with van der Waals surface area (Å²) in [5, 5.41) is 4.25. The number of imidazole rings is 1. The average molecular weight is 486 g/mol. The number of hydrogen-bond acceptors (Lipinski definition) is 3. The maximum atomic E-state index is 14.8. The third kappa shape index (κ3) is 3.73. The molecule has 0 unspecified atom stereocenters. The van der Waals surface area contributed by atoms with Gasteiger partial charge in [-0.25, -0.2) is 14.1 Å². The van der Waals surface area contributed by atoms with E-state index in [9.17, 15) is 22.4 Å². The van der Waals surface area contributed by atoms with Crippen LogP contribution in [0.5, 0.6) is 0 Å². The van der Waals surface area contributed by atoms with Crippen molar-refractivity contribution in [3.05, 3.63) is 52.1 Å². The van der Waals surface area contributed by atoms with Gasteiger partial charge in [-0.15, -0.1) is 0 Å². The largest absolute Gasteiger partial charge is 0.434 e. The standard InChI is InChI=1S/C19H16BrF4N5O/c1-2-27-10-14(19(22,23)24)25-18(27)12-4-3-11(7-13(12)21)9-28-16-8-15(20)26-29(16)6-5-17(28)30/h3-4,7-8,10H,2,5-6,9H2,1H3. The predicted molar refractivity (Wildman–Crippen MR) is 104 cm³/mol. The summed E-state index contributed by atoms with van der Waals surface area (Å²) < 4.78 is 57.4. The summed E-state index contributed by atoms with van der Waals surface area (Å²) in [6, 6.07) is 5.90. The molecular formula is C19H16BrF4N5O. The smallest absolute Gasteiger partial charge is 0.331 e. The molecule has 0 spiro atoms. The Hall–Kier alpha value is -2.69. The van der Waals surface area contributed by atoms with Gasteiger partial charge in [-0.2, -0.15) is 18.3 Å². The van der Waals surface area contributed by atoms with Crippen molar-refractivity contribution in [3.8, 4) is 11.4 Å². The van der Waals surface area contributed by atoms with Crippen molar-refractivity contribution in [1.29, 1.82) is 0 Å². The van der Waals surface area contributed by atoms with Crippen molar-refractivity contribution in [2.75, 3.05) is 4.90 Å². The topological polar surface area (TPSA) is 56.0 Å². The molecule has 0 aliphatic carbocycles. The fourth-order valence-corrected chi connectivity index (χ4v) is 3.82. The molecule has 0 saturated heterocycles. The number of amides is 1. The number of benzene rings is 1. The summed E-state index contributed by atoms with van der Waals surface area (Å²) in [6.45, 7) is 2.44. The molecule has 0 atom stereocenters. The van der Waals surface area contributed by atoms with E-state index in [0.29, 0.717) is 22.5 Å². The minimum Gasteiger partial charge on any atom is -0.331 e. The van der Waals surface area contributed by atoms with E-state index in [0.717, 1.165) is 6.20 Å². The summed E-state index contributed by atoms with van der Waals surface area (Å²) in [7, 11) is 0. The zero-order chi connectivity index (χ0) is 21.6. The van der Waals surface area contributed by atoms with E-state index in [-0.39, 0.29) is 36.8 Å². The van der Waals surface area contributed by atoms with Gasteiger partial charge in [-0.3, -0.25) is 9.69 Å². The van der Waals surface area contributed by atoms with Gasteiger partial charge in [0.05, 0.1) is 18.7 Å². The number of aryl methyl sites for hydroxylation is 2. The van der Waals surface area contributed by atoms with Gasteiger partial charge in [-0.05, 0) is 40.5 Å². The second kappa shape index (κ2) is 7.53. The van der Waals surface area contributed by atoms with Crippen molar-refractivity contribution in [1.82, 2.24) is 19.3 Å². The third-order valence-electron chi connectivity index (χ3n) is 4.87. The van der Waals surface area contributed by atoms with Crippen molar-refractivity contribution < 1.29 is 22.4 Å². The number of fused-ring (bicyclic) bond motifs is 1. The number of carbonyl (C=O) groups excluding carboxylic acids is 1. The van der Waals surface area contributed by atoms with Gasteiger partial charge in [-0.1, -0.05) is 6.07 Å². The SMILES string of the molecule is CCn1cc(C(F)(F)F)nc1-c1ccc(CN2C(=O)CCn3nc(Br)cc32)cc1F. The molecule has 4 rings (SSSR count). The Balaban J connectivity index is 1.65. The molecular weight excluding hydrogens is 470 g/mol. The first-order valence-electron chi connectivity index (χ1n) is 9.14. The van der Waals surface area contributed by atoms with E-state index < -0.39 is 17.7 Å². The maximum Gasteiger partial charge on any atom is 0.434 e. The molecule has 0 fully saturated rings. The Bertz CT molecular complexity index is 1120. The van der Waals surface area contributed by atoms with Crippen LogP contribution in [0.25, 0.3) is 11.4 Å². The molecule has 158 valence electrons. The molecule has 11 heteroatoms. The molecule has 6 nitrogen and oxygen atoms in total. The predicted octanol–water partition coefficient (Wildman–Crippen LogP) is 4.62. The van der Waals surface area contributed by atoms with Gasteiger partial charge in [0.15, 0.2) is 5.69 Å². The molecule has 1 aliphatic rings. The van der Waals surface area contributed by atoms with Gasteiger partial charge in [0, 0.05) is 25.2 Å². The molecule has 1 aliphatic heterocycles. The molecule has 0 N–H and O–H groups in total. The first-order valence-corrected chi connectivity index (χ1v) is 9.93. The quantitative estimate of drug-likeness (QED) is 0.506. The second-order valence-electron chi connectivity index (χ2n) is 6.83. The number of nitrogens with zero attached hydrogens (tertiary/aromatic N) is 5. The van der Waals surface area contributed by atoms with Gasteiger partial charge in [0.1, 0.15) is 22.1 Å². The third-order valence-corrected chi connectivity index (χ3v) is 5.25. The molecule has 0 bridgehead atoms. The molecule has 3 aromatic rings. The van der Waals surface area contributed by atoms with Gasteiger partial charge in [0.2, 0.25) is 5.91 Å². The summed E-state index contributed by atoms with van der Waals surface area (Å²) >= 11 is 3.28. The summed E-state index contributed by atoms with van der Waals surface area (Å²) in [5.74, 6) is -0.319. The van der Waals surface area contributed by atoms with Crippen molar-refractivity contribution in [2.24, 2.45) is 0 Å². The zero-order valence-corrected chi connectivity index (χ0v) is 17.3. The number of aromatic nitrogens is 4. The van der Waals surface area contributed by atoms with Gasteiger partial charge >= 0.3 is 6.18 Å². The van der Waals surface area contributed by atoms with Gasteiger partial charge < -0.3 is 4.57 Å². The first-order chi connectivity index (χ1) is 14.2. The van der Waals surface area contributed by atoms with Crippen LogP contribution < -0.4 is 4.90 Å². The van der Waals surface area contributed by atoms with E-state index in [2.05, 4.69) is 26.0 Å².